The number of pyridine rings is 1. The molecule has 0 unspecified atom stereocenters. The molecule has 2 aromatic rings. The predicted molar refractivity (Wildman–Crippen MR) is 103 cm³/mol. The van der Waals surface area contributed by atoms with E-state index >= 15 is 0 Å². The van der Waals surface area contributed by atoms with Gasteiger partial charge in [-0.2, -0.15) is 0 Å². The summed E-state index contributed by atoms with van der Waals surface area (Å²) in [4.78, 5) is 31.0. The van der Waals surface area contributed by atoms with Gasteiger partial charge in [-0.15, -0.1) is 0 Å². The first-order valence-electron chi connectivity index (χ1n) is 8.45. The Kier molecular flexibility index (Phi) is 5.79. The van der Waals surface area contributed by atoms with Gasteiger partial charge in [-0.1, -0.05) is 30.1 Å². The van der Waals surface area contributed by atoms with Crippen LogP contribution in [0.15, 0.2) is 36.7 Å². The standard InChI is InChI=1S/C19H19Cl2N3O2/c1-12-4-6-24(7-5-12)19(26)14-8-13(10-22-11-14)18(25)23-17-9-15(20)2-3-16(17)21/h2-3,8-12H,4-7H2,1H3,(H,23,25). The zero-order valence-corrected chi connectivity index (χ0v) is 15.8. The van der Waals surface area contributed by atoms with E-state index in [1.54, 1.807) is 24.3 Å². The van der Waals surface area contributed by atoms with Crippen LogP contribution in [0, 0.1) is 5.92 Å². The number of piperidine rings is 1. The first-order valence-corrected chi connectivity index (χ1v) is 9.20. The Balaban J connectivity index is 1.75. The summed E-state index contributed by atoms with van der Waals surface area (Å²) in [6.45, 7) is 3.65. The van der Waals surface area contributed by atoms with Crippen molar-refractivity contribution in [2.75, 3.05) is 18.4 Å². The van der Waals surface area contributed by atoms with E-state index in [0.717, 1.165) is 25.9 Å². The molecule has 0 saturated carbocycles. The van der Waals surface area contributed by atoms with Crippen molar-refractivity contribution in [3.63, 3.8) is 0 Å². The second-order valence-corrected chi connectivity index (χ2v) is 7.36. The fourth-order valence-electron chi connectivity index (χ4n) is 2.86. The minimum atomic E-state index is -0.399. The van der Waals surface area contributed by atoms with Gasteiger partial charge in [0.25, 0.3) is 11.8 Å². The molecule has 2 amide bonds. The van der Waals surface area contributed by atoms with E-state index < -0.39 is 5.91 Å². The van der Waals surface area contributed by atoms with Gasteiger partial charge in [-0.25, -0.2) is 0 Å². The van der Waals surface area contributed by atoms with Gasteiger partial charge in [-0.05, 0) is 43.0 Å². The maximum Gasteiger partial charge on any atom is 0.257 e. The van der Waals surface area contributed by atoms with Crippen LogP contribution in [0.5, 0.6) is 0 Å². The zero-order valence-electron chi connectivity index (χ0n) is 14.3. The minimum Gasteiger partial charge on any atom is -0.339 e. The molecular weight excluding hydrogens is 373 g/mol. The number of anilines is 1. The molecule has 1 saturated heterocycles. The van der Waals surface area contributed by atoms with Crippen LogP contribution in [-0.2, 0) is 0 Å². The Hall–Kier alpha value is -2.11. The molecule has 1 aliphatic heterocycles. The summed E-state index contributed by atoms with van der Waals surface area (Å²) in [6, 6.07) is 6.37. The molecule has 1 aromatic heterocycles. The van der Waals surface area contributed by atoms with Gasteiger partial charge in [0, 0.05) is 30.5 Å². The summed E-state index contributed by atoms with van der Waals surface area (Å²) < 4.78 is 0. The molecule has 0 bridgehead atoms. The van der Waals surface area contributed by atoms with Crippen molar-refractivity contribution in [2.45, 2.75) is 19.8 Å². The Morgan fingerprint density at radius 2 is 1.81 bits per heavy atom. The number of hydrogen-bond acceptors (Lipinski definition) is 3. The summed E-state index contributed by atoms with van der Waals surface area (Å²) in [5, 5.41) is 3.54. The number of carbonyl (C=O) groups is 2. The molecule has 1 aromatic carbocycles. The Bertz CT molecular complexity index is 833. The second kappa shape index (κ2) is 8.06. The zero-order chi connectivity index (χ0) is 18.7. The molecule has 0 radical (unpaired) electrons. The summed E-state index contributed by atoms with van der Waals surface area (Å²) in [6.07, 6.45) is 4.89. The fourth-order valence-corrected chi connectivity index (χ4v) is 3.20. The monoisotopic (exact) mass is 391 g/mol. The largest absolute Gasteiger partial charge is 0.339 e. The lowest BCUT2D eigenvalue weighted by Gasteiger charge is -2.30. The van der Waals surface area contributed by atoms with E-state index in [9.17, 15) is 9.59 Å². The van der Waals surface area contributed by atoms with Crippen molar-refractivity contribution in [3.8, 4) is 0 Å². The van der Waals surface area contributed by atoms with Gasteiger partial charge >= 0.3 is 0 Å². The second-order valence-electron chi connectivity index (χ2n) is 6.52. The quantitative estimate of drug-likeness (QED) is 0.836. The van der Waals surface area contributed by atoms with Crippen LogP contribution < -0.4 is 5.32 Å². The van der Waals surface area contributed by atoms with Gasteiger partial charge in [0.05, 0.1) is 21.8 Å². The van der Waals surface area contributed by atoms with Crippen LogP contribution >= 0.6 is 23.2 Å². The van der Waals surface area contributed by atoms with E-state index in [0.29, 0.717) is 27.2 Å². The SMILES string of the molecule is CC1CCN(C(=O)c2cncc(C(=O)Nc3cc(Cl)ccc3Cl)c2)CC1. The molecule has 0 spiro atoms. The van der Waals surface area contributed by atoms with E-state index in [2.05, 4.69) is 17.2 Å². The van der Waals surface area contributed by atoms with Gasteiger partial charge in [0.15, 0.2) is 0 Å². The number of hydrogen-bond donors (Lipinski definition) is 1. The van der Waals surface area contributed by atoms with Gasteiger partial charge < -0.3 is 10.2 Å². The number of halogens is 2. The lowest BCUT2D eigenvalue weighted by atomic mass is 9.98. The molecule has 136 valence electrons. The number of nitrogens with zero attached hydrogens (tertiary/aromatic N) is 2. The molecule has 0 aliphatic carbocycles. The van der Waals surface area contributed by atoms with Crippen molar-refractivity contribution in [3.05, 3.63) is 57.8 Å². The minimum absolute atomic E-state index is 0.0974. The van der Waals surface area contributed by atoms with Crippen molar-refractivity contribution in [1.82, 2.24) is 9.88 Å². The number of rotatable bonds is 3. The number of amides is 2. The molecule has 0 atom stereocenters. The van der Waals surface area contributed by atoms with Crippen LogP contribution in [-0.4, -0.2) is 34.8 Å². The highest BCUT2D eigenvalue weighted by Gasteiger charge is 2.22. The molecular formula is C19H19Cl2N3O2. The first kappa shape index (κ1) is 18.7. The molecule has 26 heavy (non-hydrogen) atoms. The molecule has 1 aliphatic rings. The van der Waals surface area contributed by atoms with E-state index in [1.165, 1.54) is 12.4 Å². The van der Waals surface area contributed by atoms with Crippen LogP contribution in [0.2, 0.25) is 10.0 Å². The Morgan fingerprint density at radius 3 is 2.54 bits per heavy atom. The average molecular weight is 392 g/mol. The Morgan fingerprint density at radius 1 is 1.12 bits per heavy atom. The fraction of sp³-hybridized carbons (Fsp3) is 0.316. The normalized spacial score (nSPS) is 15.0. The van der Waals surface area contributed by atoms with E-state index in [4.69, 9.17) is 23.2 Å². The highest BCUT2D eigenvalue weighted by atomic mass is 35.5. The topological polar surface area (TPSA) is 62.3 Å². The van der Waals surface area contributed by atoms with Crippen molar-refractivity contribution in [1.29, 1.82) is 0 Å². The molecule has 1 N–H and O–H groups in total. The van der Waals surface area contributed by atoms with Crippen molar-refractivity contribution >= 4 is 40.7 Å². The highest BCUT2D eigenvalue weighted by Crippen LogP contribution is 2.26. The van der Waals surface area contributed by atoms with Crippen LogP contribution in [0.4, 0.5) is 5.69 Å². The predicted octanol–water partition coefficient (Wildman–Crippen LogP) is 4.51. The number of aromatic nitrogens is 1. The third-order valence-electron chi connectivity index (χ3n) is 4.49. The van der Waals surface area contributed by atoms with Crippen LogP contribution in [0.3, 0.4) is 0 Å². The number of carbonyl (C=O) groups excluding carboxylic acids is 2. The van der Waals surface area contributed by atoms with Crippen molar-refractivity contribution in [2.24, 2.45) is 5.92 Å². The average Bonchev–Trinajstić information content (AvgIpc) is 2.65. The van der Waals surface area contributed by atoms with Crippen molar-refractivity contribution < 1.29 is 9.59 Å². The van der Waals surface area contributed by atoms with Gasteiger partial charge in [0.2, 0.25) is 0 Å². The lowest BCUT2D eigenvalue weighted by molar-refractivity contribution is 0.0697. The number of benzene rings is 1. The van der Waals surface area contributed by atoms with Crippen LogP contribution in [0.25, 0.3) is 0 Å². The summed E-state index contributed by atoms with van der Waals surface area (Å²) in [5.74, 6) is 0.139. The molecule has 3 rings (SSSR count). The van der Waals surface area contributed by atoms with E-state index in [-0.39, 0.29) is 11.5 Å². The Labute approximate surface area is 162 Å². The maximum absolute atomic E-state index is 12.7. The summed E-state index contributed by atoms with van der Waals surface area (Å²) in [7, 11) is 0. The first-order chi connectivity index (χ1) is 12.4. The molecule has 5 nitrogen and oxygen atoms in total. The van der Waals surface area contributed by atoms with Crippen LogP contribution in [0.1, 0.15) is 40.5 Å². The number of likely N-dealkylation sites (tertiary alicyclic amines) is 1. The maximum atomic E-state index is 12.7. The van der Waals surface area contributed by atoms with Gasteiger partial charge in [0.1, 0.15) is 0 Å². The molecule has 7 heteroatoms. The summed E-state index contributed by atoms with van der Waals surface area (Å²) in [5.41, 5.74) is 1.10. The smallest absolute Gasteiger partial charge is 0.257 e. The lowest BCUT2D eigenvalue weighted by Crippen LogP contribution is -2.38. The third-order valence-corrected chi connectivity index (χ3v) is 5.06. The molecule has 2 heterocycles. The highest BCUT2D eigenvalue weighted by molar-refractivity contribution is 6.35. The van der Waals surface area contributed by atoms with Gasteiger partial charge in [-0.3, -0.25) is 14.6 Å². The summed E-state index contributed by atoms with van der Waals surface area (Å²) >= 11 is 12.0. The molecule has 1 fully saturated rings. The van der Waals surface area contributed by atoms with E-state index in [1.807, 2.05) is 4.90 Å². The number of nitrogens with one attached hydrogen (secondary N) is 1. The third kappa shape index (κ3) is 4.34.